The molecule has 1 aromatic rings. The minimum Gasteiger partial charge on any atom is -0.743 e. The number of esters is 2. The SMILES string of the molecule is O=C1OC2(CCC(OC(=O)C(F)(F)S(=O)(=O)[O-])CC2)Oc2c(I)cccc21. The smallest absolute Gasteiger partial charge is 0.428 e. The van der Waals surface area contributed by atoms with E-state index < -0.39 is 39.2 Å². The largest absolute Gasteiger partial charge is 0.743 e. The lowest BCUT2D eigenvalue weighted by Crippen LogP contribution is -2.49. The summed E-state index contributed by atoms with van der Waals surface area (Å²) in [5, 5.41) is -5.16. The Morgan fingerprint density at radius 2 is 1.93 bits per heavy atom. The highest BCUT2D eigenvalue weighted by atomic mass is 127. The maximum Gasteiger partial charge on any atom is 0.428 e. The van der Waals surface area contributed by atoms with Crippen LogP contribution >= 0.6 is 22.6 Å². The Kier molecular flexibility index (Phi) is 5.10. The molecule has 0 amide bonds. The molecule has 1 aliphatic carbocycles. The van der Waals surface area contributed by atoms with Crippen molar-refractivity contribution >= 4 is 44.6 Å². The second-order valence-electron chi connectivity index (χ2n) is 6.09. The van der Waals surface area contributed by atoms with Crippen LogP contribution in [0.25, 0.3) is 0 Å². The number of para-hydroxylation sites is 1. The van der Waals surface area contributed by atoms with Crippen molar-refractivity contribution < 1.29 is 45.6 Å². The van der Waals surface area contributed by atoms with Gasteiger partial charge >= 0.3 is 17.2 Å². The standard InChI is InChI=1S/C15H13F2IO8S/c16-15(17,27(21,22)23)13(20)24-8-4-6-14(7-5-8)25-11-9(12(19)26-14)2-1-3-10(11)18/h1-3,8H,4-7H2,(H,21,22,23)/p-1. The van der Waals surface area contributed by atoms with Crippen LogP contribution in [0.1, 0.15) is 36.0 Å². The molecule has 1 aromatic carbocycles. The molecule has 1 aliphatic heterocycles. The van der Waals surface area contributed by atoms with Crippen molar-refractivity contribution in [2.75, 3.05) is 0 Å². The quantitative estimate of drug-likeness (QED) is 0.340. The van der Waals surface area contributed by atoms with Gasteiger partial charge in [-0.3, -0.25) is 0 Å². The Morgan fingerprint density at radius 1 is 1.30 bits per heavy atom. The van der Waals surface area contributed by atoms with Crippen LogP contribution in [0.15, 0.2) is 18.2 Å². The third kappa shape index (κ3) is 3.74. The molecule has 0 saturated heterocycles. The summed E-state index contributed by atoms with van der Waals surface area (Å²) in [5.41, 5.74) is 0.265. The van der Waals surface area contributed by atoms with E-state index in [2.05, 4.69) is 4.74 Å². The molecule has 1 saturated carbocycles. The maximum absolute atomic E-state index is 13.2. The number of ether oxygens (including phenoxy) is 3. The van der Waals surface area contributed by atoms with Gasteiger partial charge in [0.2, 0.25) is 0 Å². The lowest BCUT2D eigenvalue weighted by Gasteiger charge is -2.42. The molecule has 0 aromatic heterocycles. The molecule has 0 radical (unpaired) electrons. The number of carbonyl (C=O) groups excluding carboxylic acids is 2. The number of rotatable bonds is 3. The fourth-order valence-corrected chi connectivity index (χ4v) is 3.74. The van der Waals surface area contributed by atoms with Crippen LogP contribution in [-0.2, 0) is 24.4 Å². The minimum absolute atomic E-state index is 0.0211. The molecule has 0 N–H and O–H groups in total. The Balaban J connectivity index is 1.69. The van der Waals surface area contributed by atoms with E-state index in [-0.39, 0.29) is 31.2 Å². The van der Waals surface area contributed by atoms with Crippen LogP contribution in [0.4, 0.5) is 8.78 Å². The molecule has 0 bridgehead atoms. The highest BCUT2D eigenvalue weighted by Gasteiger charge is 2.51. The van der Waals surface area contributed by atoms with E-state index in [9.17, 15) is 31.3 Å². The van der Waals surface area contributed by atoms with E-state index in [1.54, 1.807) is 18.2 Å². The number of alkyl halides is 2. The zero-order valence-corrected chi connectivity index (χ0v) is 16.4. The summed E-state index contributed by atoms with van der Waals surface area (Å²) in [4.78, 5) is 23.6. The van der Waals surface area contributed by atoms with E-state index in [1.807, 2.05) is 22.6 Å². The second-order valence-corrected chi connectivity index (χ2v) is 8.68. The van der Waals surface area contributed by atoms with E-state index in [4.69, 9.17) is 9.47 Å². The Bertz CT molecular complexity index is 893. The van der Waals surface area contributed by atoms with Crippen molar-refractivity contribution in [3.05, 3.63) is 27.3 Å². The van der Waals surface area contributed by atoms with Crippen LogP contribution in [0.5, 0.6) is 5.75 Å². The van der Waals surface area contributed by atoms with Crippen LogP contribution < -0.4 is 4.74 Å². The molecule has 0 unspecified atom stereocenters. The summed E-state index contributed by atoms with van der Waals surface area (Å²) in [7, 11) is -6.18. The van der Waals surface area contributed by atoms with E-state index >= 15 is 0 Å². The van der Waals surface area contributed by atoms with Gasteiger partial charge in [-0.25, -0.2) is 18.0 Å². The molecule has 12 heteroatoms. The van der Waals surface area contributed by atoms with E-state index in [0.717, 1.165) is 0 Å². The first kappa shape index (κ1) is 20.2. The van der Waals surface area contributed by atoms with Gasteiger partial charge in [0.15, 0.2) is 15.9 Å². The molecule has 1 fully saturated rings. The molecule has 1 heterocycles. The molecular formula is C15H12F2IO8S-. The van der Waals surface area contributed by atoms with Crippen molar-refractivity contribution in [2.24, 2.45) is 0 Å². The third-order valence-corrected chi connectivity index (χ3v) is 5.92. The summed E-state index contributed by atoms with van der Waals surface area (Å²) in [6.45, 7) is 0. The highest BCUT2D eigenvalue weighted by Crippen LogP contribution is 2.42. The predicted molar refractivity (Wildman–Crippen MR) is 90.9 cm³/mol. The van der Waals surface area contributed by atoms with Crippen molar-refractivity contribution in [1.82, 2.24) is 0 Å². The summed E-state index contributed by atoms with van der Waals surface area (Å²) in [6.07, 6.45) is -1.03. The van der Waals surface area contributed by atoms with Crippen LogP contribution in [0.3, 0.4) is 0 Å². The number of halogens is 3. The minimum atomic E-state index is -6.18. The van der Waals surface area contributed by atoms with Crippen molar-refractivity contribution in [2.45, 2.75) is 42.8 Å². The molecule has 1 spiro atoms. The molecule has 0 atom stereocenters. The molecule has 148 valence electrons. The second kappa shape index (κ2) is 6.81. The average Bonchev–Trinajstić information content (AvgIpc) is 2.57. The normalized spacial score (nSPS) is 25.3. The number of benzene rings is 1. The zero-order chi connectivity index (χ0) is 20.0. The molecule has 8 nitrogen and oxygen atoms in total. The number of fused-ring (bicyclic) bond motifs is 1. The monoisotopic (exact) mass is 517 g/mol. The number of carbonyl (C=O) groups is 2. The fraction of sp³-hybridized carbons (Fsp3) is 0.467. The van der Waals surface area contributed by atoms with Gasteiger partial charge in [-0.15, -0.1) is 0 Å². The van der Waals surface area contributed by atoms with Crippen LogP contribution in [0.2, 0.25) is 0 Å². The maximum atomic E-state index is 13.2. The molecule has 3 rings (SSSR count). The van der Waals surface area contributed by atoms with Crippen molar-refractivity contribution in [1.29, 1.82) is 0 Å². The molecule has 2 aliphatic rings. The summed E-state index contributed by atoms with van der Waals surface area (Å²) >= 11 is 2.00. The summed E-state index contributed by atoms with van der Waals surface area (Å²) in [5.74, 6) is -3.97. The Hall–Kier alpha value is -1.54. The van der Waals surface area contributed by atoms with Gasteiger partial charge in [0.1, 0.15) is 11.7 Å². The van der Waals surface area contributed by atoms with Gasteiger partial charge in [0.05, 0.1) is 3.57 Å². The highest BCUT2D eigenvalue weighted by molar-refractivity contribution is 14.1. The van der Waals surface area contributed by atoms with Gasteiger partial charge in [-0.1, -0.05) is 6.07 Å². The first-order chi connectivity index (χ1) is 12.5. The number of hydrogen-bond acceptors (Lipinski definition) is 8. The topological polar surface area (TPSA) is 119 Å². The van der Waals surface area contributed by atoms with E-state index in [0.29, 0.717) is 9.32 Å². The van der Waals surface area contributed by atoms with Crippen LogP contribution in [0, 0.1) is 3.57 Å². The van der Waals surface area contributed by atoms with Gasteiger partial charge in [0.25, 0.3) is 5.79 Å². The van der Waals surface area contributed by atoms with Gasteiger partial charge < -0.3 is 18.8 Å². The summed E-state index contributed by atoms with van der Waals surface area (Å²) < 4.78 is 74.3. The first-order valence-electron chi connectivity index (χ1n) is 7.70. The summed E-state index contributed by atoms with van der Waals surface area (Å²) in [6, 6.07) is 4.96. The van der Waals surface area contributed by atoms with Crippen molar-refractivity contribution in [3.63, 3.8) is 0 Å². The molecular weight excluding hydrogens is 505 g/mol. The van der Waals surface area contributed by atoms with Gasteiger partial charge in [-0.2, -0.15) is 8.78 Å². The third-order valence-electron chi connectivity index (χ3n) is 4.27. The molecule has 27 heavy (non-hydrogen) atoms. The zero-order valence-electron chi connectivity index (χ0n) is 13.4. The first-order valence-corrected chi connectivity index (χ1v) is 10.2. The lowest BCUT2D eigenvalue weighted by atomic mass is 9.90. The predicted octanol–water partition coefficient (Wildman–Crippen LogP) is 2.16. The van der Waals surface area contributed by atoms with Crippen molar-refractivity contribution in [3.8, 4) is 5.75 Å². The van der Waals surface area contributed by atoms with E-state index in [1.165, 1.54) is 0 Å². The fourth-order valence-electron chi connectivity index (χ4n) is 2.88. The Labute approximate surface area is 166 Å². The average molecular weight is 517 g/mol. The van der Waals surface area contributed by atoms with Crippen LogP contribution in [-0.4, -0.2) is 42.1 Å². The van der Waals surface area contributed by atoms with Gasteiger partial charge in [-0.05, 0) is 47.6 Å². The lowest BCUT2D eigenvalue weighted by molar-refractivity contribution is -0.196. The van der Waals surface area contributed by atoms with Gasteiger partial charge in [0, 0.05) is 12.8 Å². The Morgan fingerprint density at radius 3 is 2.52 bits per heavy atom. The number of hydrogen-bond donors (Lipinski definition) is 0.